The second-order valence-electron chi connectivity index (χ2n) is 3.93. The van der Waals surface area contributed by atoms with Crippen LogP contribution in [0.15, 0.2) is 0 Å². The van der Waals surface area contributed by atoms with Crippen molar-refractivity contribution in [2.75, 3.05) is 18.6 Å². The molecule has 0 aliphatic rings. The summed E-state index contributed by atoms with van der Waals surface area (Å²) in [7, 11) is -2.90. The minimum atomic E-state index is -2.90. The minimum absolute atomic E-state index is 0.0290. The summed E-state index contributed by atoms with van der Waals surface area (Å²) in [6.07, 6.45) is 2.86. The van der Waals surface area contributed by atoms with Crippen LogP contribution in [0.3, 0.4) is 0 Å². The molecular formula is C9H21NO3S. The smallest absolute Gasteiger partial charge is 0.148 e. The number of aliphatic hydroxyl groups excluding tert-OH is 1. The van der Waals surface area contributed by atoms with Crippen molar-refractivity contribution in [2.24, 2.45) is 0 Å². The molecule has 0 fully saturated rings. The Labute approximate surface area is 86.6 Å². The first kappa shape index (κ1) is 13.9. The normalized spacial score (nSPS) is 16.6. The summed E-state index contributed by atoms with van der Waals surface area (Å²) in [4.78, 5) is 0. The molecule has 0 spiro atoms. The van der Waals surface area contributed by atoms with Gasteiger partial charge in [0, 0.05) is 24.9 Å². The van der Waals surface area contributed by atoms with Gasteiger partial charge in [-0.3, -0.25) is 0 Å². The fourth-order valence-corrected chi connectivity index (χ4v) is 2.47. The van der Waals surface area contributed by atoms with Crippen LogP contribution in [0.2, 0.25) is 0 Å². The lowest BCUT2D eigenvalue weighted by molar-refractivity contribution is 0.275. The van der Waals surface area contributed by atoms with Crippen molar-refractivity contribution in [3.05, 3.63) is 0 Å². The van der Waals surface area contributed by atoms with E-state index in [2.05, 4.69) is 5.32 Å². The molecule has 0 aromatic carbocycles. The summed E-state index contributed by atoms with van der Waals surface area (Å²) in [5, 5.41) is 11.8. The highest BCUT2D eigenvalue weighted by Gasteiger charge is 2.12. The number of hydrogen-bond donors (Lipinski definition) is 2. The minimum Gasteiger partial charge on any atom is -0.396 e. The highest BCUT2D eigenvalue weighted by atomic mass is 32.2. The molecule has 0 radical (unpaired) electrons. The Balaban J connectivity index is 3.76. The van der Waals surface area contributed by atoms with E-state index in [0.29, 0.717) is 0 Å². The van der Waals surface area contributed by atoms with Crippen LogP contribution in [-0.4, -0.2) is 44.2 Å². The van der Waals surface area contributed by atoms with Crippen molar-refractivity contribution >= 4 is 9.84 Å². The molecule has 0 saturated heterocycles. The molecular weight excluding hydrogens is 202 g/mol. The maximum absolute atomic E-state index is 11.0. The fourth-order valence-electron chi connectivity index (χ4n) is 1.47. The van der Waals surface area contributed by atoms with Crippen molar-refractivity contribution in [2.45, 2.75) is 38.8 Å². The van der Waals surface area contributed by atoms with Gasteiger partial charge >= 0.3 is 0 Å². The average Bonchev–Trinajstić information content (AvgIpc) is 1.96. The monoisotopic (exact) mass is 223 g/mol. The topological polar surface area (TPSA) is 66.4 Å². The molecule has 0 heterocycles. The molecule has 0 aromatic rings. The van der Waals surface area contributed by atoms with Gasteiger partial charge < -0.3 is 10.4 Å². The maximum atomic E-state index is 11.0. The molecule has 0 aliphatic heterocycles. The molecule has 86 valence electrons. The molecule has 2 N–H and O–H groups in total. The van der Waals surface area contributed by atoms with Gasteiger partial charge in [-0.15, -0.1) is 0 Å². The fraction of sp³-hybridized carbons (Fsp3) is 1.00. The van der Waals surface area contributed by atoms with Crippen molar-refractivity contribution in [3.8, 4) is 0 Å². The van der Waals surface area contributed by atoms with E-state index in [-0.39, 0.29) is 24.4 Å². The summed E-state index contributed by atoms with van der Waals surface area (Å²) in [5.41, 5.74) is 0. The van der Waals surface area contributed by atoms with E-state index in [1.165, 1.54) is 6.26 Å². The van der Waals surface area contributed by atoms with E-state index < -0.39 is 9.84 Å². The quantitative estimate of drug-likeness (QED) is 0.646. The van der Waals surface area contributed by atoms with Crippen molar-refractivity contribution in [3.63, 3.8) is 0 Å². The van der Waals surface area contributed by atoms with E-state index >= 15 is 0 Å². The predicted molar refractivity (Wildman–Crippen MR) is 58.1 cm³/mol. The van der Waals surface area contributed by atoms with Crippen LogP contribution in [0.5, 0.6) is 0 Å². The lowest BCUT2D eigenvalue weighted by Crippen LogP contribution is -2.38. The maximum Gasteiger partial charge on any atom is 0.148 e. The Morgan fingerprint density at radius 2 is 1.86 bits per heavy atom. The van der Waals surface area contributed by atoms with E-state index in [1.54, 1.807) is 0 Å². The molecule has 0 rings (SSSR count). The Morgan fingerprint density at radius 1 is 1.29 bits per heavy atom. The summed E-state index contributed by atoms with van der Waals surface area (Å²) < 4.78 is 21.9. The zero-order valence-electron chi connectivity index (χ0n) is 9.16. The third-order valence-corrected chi connectivity index (χ3v) is 3.02. The highest BCUT2D eigenvalue weighted by molar-refractivity contribution is 7.90. The largest absolute Gasteiger partial charge is 0.396 e. The lowest BCUT2D eigenvalue weighted by Gasteiger charge is -2.18. The highest BCUT2D eigenvalue weighted by Crippen LogP contribution is 1.98. The van der Waals surface area contributed by atoms with Gasteiger partial charge in [-0.05, 0) is 26.7 Å². The zero-order chi connectivity index (χ0) is 11.2. The Morgan fingerprint density at radius 3 is 2.29 bits per heavy atom. The molecule has 0 aromatic heterocycles. The first-order valence-electron chi connectivity index (χ1n) is 4.90. The molecule has 5 heteroatoms. The van der Waals surface area contributed by atoms with Gasteiger partial charge in [0.15, 0.2) is 0 Å². The van der Waals surface area contributed by atoms with E-state index in [9.17, 15) is 8.42 Å². The summed E-state index contributed by atoms with van der Waals surface area (Å²) in [5.74, 6) is 0.163. The van der Waals surface area contributed by atoms with Gasteiger partial charge in [-0.1, -0.05) is 0 Å². The molecule has 0 saturated carbocycles. The number of nitrogens with one attached hydrogen (secondary N) is 1. The second-order valence-corrected chi connectivity index (χ2v) is 6.11. The Kier molecular flexibility index (Phi) is 6.31. The Bertz CT molecular complexity index is 238. The Hall–Kier alpha value is -0.130. The third kappa shape index (κ3) is 8.47. The molecule has 0 amide bonds. The van der Waals surface area contributed by atoms with E-state index in [1.807, 2.05) is 13.8 Å². The first-order valence-corrected chi connectivity index (χ1v) is 6.96. The summed E-state index contributed by atoms with van der Waals surface area (Å²) in [6.45, 7) is 4.04. The van der Waals surface area contributed by atoms with Crippen LogP contribution in [0, 0.1) is 0 Å². The molecule has 14 heavy (non-hydrogen) atoms. The standard InChI is InChI=1S/C9H21NO3S/c1-8(5-4-6-11)10-9(2)7-14(3,12)13/h8-11H,4-7H2,1-3H3. The van der Waals surface area contributed by atoms with E-state index in [4.69, 9.17) is 5.11 Å². The van der Waals surface area contributed by atoms with Crippen LogP contribution in [-0.2, 0) is 9.84 Å². The van der Waals surface area contributed by atoms with Gasteiger partial charge in [0.05, 0.1) is 5.75 Å². The molecule has 0 bridgehead atoms. The van der Waals surface area contributed by atoms with Crippen LogP contribution < -0.4 is 5.32 Å². The van der Waals surface area contributed by atoms with Gasteiger partial charge in [-0.2, -0.15) is 0 Å². The summed E-state index contributed by atoms with van der Waals surface area (Å²) in [6, 6.07) is 0.220. The molecule has 0 aliphatic carbocycles. The van der Waals surface area contributed by atoms with Crippen LogP contribution in [0.4, 0.5) is 0 Å². The van der Waals surface area contributed by atoms with E-state index in [0.717, 1.165) is 12.8 Å². The van der Waals surface area contributed by atoms with Crippen molar-refractivity contribution in [1.82, 2.24) is 5.32 Å². The molecule has 2 atom stereocenters. The van der Waals surface area contributed by atoms with Gasteiger partial charge in [0.25, 0.3) is 0 Å². The average molecular weight is 223 g/mol. The molecule has 2 unspecified atom stereocenters. The van der Waals surface area contributed by atoms with Crippen molar-refractivity contribution < 1.29 is 13.5 Å². The van der Waals surface area contributed by atoms with Crippen molar-refractivity contribution in [1.29, 1.82) is 0 Å². The number of sulfone groups is 1. The second kappa shape index (κ2) is 6.37. The number of rotatable bonds is 7. The lowest BCUT2D eigenvalue weighted by atomic mass is 10.2. The number of hydrogen-bond acceptors (Lipinski definition) is 4. The first-order chi connectivity index (χ1) is 6.35. The zero-order valence-corrected chi connectivity index (χ0v) is 9.97. The SMILES string of the molecule is CC(CCCO)NC(C)CS(C)(=O)=O. The van der Waals surface area contributed by atoms with Gasteiger partial charge in [-0.25, -0.2) is 8.42 Å². The van der Waals surface area contributed by atoms with Crippen LogP contribution >= 0.6 is 0 Å². The van der Waals surface area contributed by atoms with Gasteiger partial charge in [0.1, 0.15) is 9.84 Å². The predicted octanol–water partition coefficient (Wildman–Crippen LogP) is 0.170. The number of aliphatic hydroxyl groups is 1. The van der Waals surface area contributed by atoms with Gasteiger partial charge in [0.2, 0.25) is 0 Å². The van der Waals surface area contributed by atoms with Crippen LogP contribution in [0.1, 0.15) is 26.7 Å². The third-order valence-electron chi connectivity index (χ3n) is 1.92. The van der Waals surface area contributed by atoms with Crippen LogP contribution in [0.25, 0.3) is 0 Å². The summed E-state index contributed by atoms with van der Waals surface area (Å²) >= 11 is 0. The molecule has 4 nitrogen and oxygen atoms in total.